The highest BCUT2D eigenvalue weighted by Crippen LogP contribution is 2.41. The number of carbonyl (C=O) groups is 1. The van der Waals surface area contributed by atoms with Gasteiger partial charge in [0.2, 0.25) is 0 Å². The van der Waals surface area contributed by atoms with Crippen LogP contribution in [0, 0.1) is 17.2 Å². The Kier molecular flexibility index (Phi) is 5.79. The van der Waals surface area contributed by atoms with Crippen molar-refractivity contribution in [3.8, 4) is 6.07 Å². The van der Waals surface area contributed by atoms with E-state index in [0.29, 0.717) is 19.6 Å². The van der Waals surface area contributed by atoms with Crippen molar-refractivity contribution in [3.05, 3.63) is 11.8 Å². The summed E-state index contributed by atoms with van der Waals surface area (Å²) < 4.78 is 9.99. The number of alkyl halides is 2. The second kappa shape index (κ2) is 7.40. The molecule has 2 rings (SSSR count). The van der Waals surface area contributed by atoms with E-state index in [9.17, 15) is 10.1 Å². The molecule has 6 nitrogen and oxygen atoms in total. The zero-order valence-corrected chi connectivity index (χ0v) is 13.9. The summed E-state index contributed by atoms with van der Waals surface area (Å²) in [5.74, 6) is -0.283. The minimum absolute atomic E-state index is 0.283. The number of ether oxygens (including phenoxy) is 2. The standard InChI is InChI=1S/C14H19Cl2N3O3/c1-21-13(20)18-14(9-17,12(15)16)10-3-2-4-11(10)19-5-7-22-8-6-19/h4,10,12H,2-3,5-8H2,1H3,(H,18,20)/t10-,14+/m1/s1. The number of nitrogens with one attached hydrogen (secondary N) is 1. The summed E-state index contributed by atoms with van der Waals surface area (Å²) in [5.41, 5.74) is -0.427. The number of allylic oxidation sites excluding steroid dienone is 1. The molecule has 0 aromatic carbocycles. The summed E-state index contributed by atoms with van der Waals surface area (Å²) in [6.45, 7) is 2.77. The van der Waals surface area contributed by atoms with Gasteiger partial charge in [-0.15, -0.1) is 23.2 Å². The largest absolute Gasteiger partial charge is 0.453 e. The zero-order chi connectivity index (χ0) is 16.2. The summed E-state index contributed by atoms with van der Waals surface area (Å²) >= 11 is 12.2. The van der Waals surface area contributed by atoms with Gasteiger partial charge in [0.15, 0.2) is 5.54 Å². The molecular formula is C14H19Cl2N3O3. The van der Waals surface area contributed by atoms with E-state index in [0.717, 1.165) is 25.2 Å². The van der Waals surface area contributed by atoms with Crippen molar-refractivity contribution >= 4 is 29.3 Å². The third kappa shape index (κ3) is 3.27. The van der Waals surface area contributed by atoms with E-state index in [1.165, 1.54) is 7.11 Å². The van der Waals surface area contributed by atoms with Crippen molar-refractivity contribution in [3.63, 3.8) is 0 Å². The number of methoxy groups -OCH3 is 1. The number of morpholine rings is 1. The number of halogens is 2. The molecule has 2 aliphatic rings. The van der Waals surface area contributed by atoms with Crippen LogP contribution in [0.25, 0.3) is 0 Å². The molecule has 122 valence electrons. The van der Waals surface area contributed by atoms with E-state index < -0.39 is 16.5 Å². The van der Waals surface area contributed by atoms with Crippen molar-refractivity contribution in [2.45, 2.75) is 23.2 Å². The first kappa shape index (κ1) is 17.2. The highest BCUT2D eigenvalue weighted by atomic mass is 35.5. The summed E-state index contributed by atoms with van der Waals surface area (Å²) in [7, 11) is 1.24. The van der Waals surface area contributed by atoms with Crippen LogP contribution in [0.3, 0.4) is 0 Å². The summed E-state index contributed by atoms with van der Waals surface area (Å²) in [6.07, 6.45) is 2.86. The van der Waals surface area contributed by atoms with Crippen molar-refractivity contribution < 1.29 is 14.3 Å². The van der Waals surface area contributed by atoms with Crippen LogP contribution in [0.1, 0.15) is 12.8 Å². The lowest BCUT2D eigenvalue weighted by molar-refractivity contribution is 0.0462. The van der Waals surface area contributed by atoms with Gasteiger partial charge >= 0.3 is 6.09 Å². The van der Waals surface area contributed by atoms with Crippen LogP contribution in [0.15, 0.2) is 11.8 Å². The van der Waals surface area contributed by atoms with Crippen LogP contribution in [-0.2, 0) is 9.47 Å². The molecule has 0 aromatic heterocycles. The van der Waals surface area contributed by atoms with Gasteiger partial charge in [-0.1, -0.05) is 6.08 Å². The molecule has 1 saturated heterocycles. The van der Waals surface area contributed by atoms with Crippen molar-refractivity contribution in [1.82, 2.24) is 10.2 Å². The molecule has 0 unspecified atom stereocenters. The highest BCUT2D eigenvalue weighted by molar-refractivity contribution is 6.45. The number of carbonyl (C=O) groups excluding carboxylic acids is 1. The first-order chi connectivity index (χ1) is 10.5. The fourth-order valence-electron chi connectivity index (χ4n) is 2.99. The molecule has 0 spiro atoms. The lowest BCUT2D eigenvalue weighted by Gasteiger charge is -2.40. The Bertz CT molecular complexity index is 486. The maximum Gasteiger partial charge on any atom is 0.408 e. The van der Waals surface area contributed by atoms with Crippen LogP contribution in [0.4, 0.5) is 4.79 Å². The second-order valence-electron chi connectivity index (χ2n) is 5.26. The molecule has 1 aliphatic heterocycles. The predicted molar refractivity (Wildman–Crippen MR) is 82.6 cm³/mol. The molecule has 1 aliphatic carbocycles. The lowest BCUT2D eigenvalue weighted by Crippen LogP contribution is -2.58. The molecule has 8 heteroatoms. The Morgan fingerprint density at radius 1 is 1.59 bits per heavy atom. The van der Waals surface area contributed by atoms with E-state index in [4.69, 9.17) is 27.9 Å². The van der Waals surface area contributed by atoms with Gasteiger partial charge in [-0.2, -0.15) is 5.26 Å². The SMILES string of the molecule is COC(=O)N[C@](C#N)(C(Cl)Cl)[C@@H]1CCC=C1N1CCOCC1. The molecular weight excluding hydrogens is 329 g/mol. The molecule has 2 atom stereocenters. The number of rotatable bonds is 4. The van der Waals surface area contributed by atoms with Gasteiger partial charge in [0.05, 0.1) is 26.4 Å². The lowest BCUT2D eigenvalue weighted by atomic mass is 9.83. The van der Waals surface area contributed by atoms with Gasteiger partial charge < -0.3 is 14.4 Å². The topological polar surface area (TPSA) is 74.6 Å². The van der Waals surface area contributed by atoms with Gasteiger partial charge in [0.25, 0.3) is 0 Å². The fourth-order valence-corrected chi connectivity index (χ4v) is 3.50. The number of amides is 1. The van der Waals surface area contributed by atoms with E-state index in [1.54, 1.807) is 0 Å². The maximum atomic E-state index is 11.7. The molecule has 0 bridgehead atoms. The molecule has 0 saturated carbocycles. The number of hydrogen-bond acceptors (Lipinski definition) is 5. The van der Waals surface area contributed by atoms with Gasteiger partial charge in [-0.25, -0.2) is 4.79 Å². The van der Waals surface area contributed by atoms with Crippen molar-refractivity contribution in [2.24, 2.45) is 5.92 Å². The van der Waals surface area contributed by atoms with Gasteiger partial charge in [0, 0.05) is 24.7 Å². The van der Waals surface area contributed by atoms with E-state index >= 15 is 0 Å². The number of hydrogen-bond donors (Lipinski definition) is 1. The highest BCUT2D eigenvalue weighted by Gasteiger charge is 2.50. The Labute approximate surface area is 139 Å². The fraction of sp³-hybridized carbons (Fsp3) is 0.714. The van der Waals surface area contributed by atoms with Crippen LogP contribution >= 0.6 is 23.2 Å². The Morgan fingerprint density at radius 2 is 2.27 bits per heavy atom. The Hall–Kier alpha value is -1.16. The molecule has 1 heterocycles. The van der Waals surface area contributed by atoms with Crippen LogP contribution in [0.2, 0.25) is 0 Å². The van der Waals surface area contributed by atoms with E-state index in [1.807, 2.05) is 0 Å². The molecule has 1 fully saturated rings. The van der Waals surface area contributed by atoms with E-state index in [-0.39, 0.29) is 5.92 Å². The van der Waals surface area contributed by atoms with Gasteiger partial charge in [0.1, 0.15) is 4.84 Å². The van der Waals surface area contributed by atoms with Gasteiger partial charge in [-0.3, -0.25) is 5.32 Å². The number of alkyl carbamates (subject to hydrolysis) is 1. The molecule has 22 heavy (non-hydrogen) atoms. The van der Waals surface area contributed by atoms with Crippen molar-refractivity contribution in [2.75, 3.05) is 33.4 Å². The summed E-state index contributed by atoms with van der Waals surface area (Å²) in [5, 5.41) is 12.3. The monoisotopic (exact) mass is 347 g/mol. The first-order valence-corrected chi connectivity index (χ1v) is 8.00. The minimum atomic E-state index is -1.42. The maximum absolute atomic E-state index is 11.7. The third-order valence-corrected chi connectivity index (χ3v) is 4.80. The molecule has 0 radical (unpaired) electrons. The first-order valence-electron chi connectivity index (χ1n) is 7.13. The van der Waals surface area contributed by atoms with Crippen LogP contribution in [-0.4, -0.2) is 54.8 Å². The summed E-state index contributed by atoms with van der Waals surface area (Å²) in [6, 6.07) is 2.12. The van der Waals surface area contributed by atoms with Crippen LogP contribution < -0.4 is 5.32 Å². The average Bonchev–Trinajstić information content (AvgIpc) is 3.02. The average molecular weight is 348 g/mol. The minimum Gasteiger partial charge on any atom is -0.453 e. The van der Waals surface area contributed by atoms with Gasteiger partial charge in [-0.05, 0) is 12.8 Å². The molecule has 1 N–H and O–H groups in total. The number of nitriles is 1. The quantitative estimate of drug-likeness (QED) is 0.787. The zero-order valence-electron chi connectivity index (χ0n) is 12.3. The summed E-state index contributed by atoms with van der Waals surface area (Å²) in [4.78, 5) is 12.8. The van der Waals surface area contributed by atoms with Crippen molar-refractivity contribution in [1.29, 1.82) is 5.26 Å². The number of nitrogens with zero attached hydrogens (tertiary/aromatic N) is 2. The van der Waals surface area contributed by atoms with E-state index in [2.05, 4.69) is 27.1 Å². The molecule has 1 amide bonds. The molecule has 0 aromatic rings. The Balaban J connectivity index is 2.28. The van der Waals surface area contributed by atoms with Crippen LogP contribution in [0.5, 0.6) is 0 Å². The smallest absolute Gasteiger partial charge is 0.408 e. The Morgan fingerprint density at radius 3 is 2.82 bits per heavy atom. The normalized spacial score (nSPS) is 24.4. The predicted octanol–water partition coefficient (Wildman–Crippen LogP) is 2.03. The third-order valence-electron chi connectivity index (χ3n) is 4.12. The second-order valence-corrected chi connectivity index (χ2v) is 6.35.